The minimum atomic E-state index is -0.224. The molecule has 0 saturated carbocycles. The van der Waals surface area contributed by atoms with Crippen LogP contribution in [-0.2, 0) is 5.41 Å². The second kappa shape index (κ2) is 13.1. The standard InChI is InChI=1S/C53H41N3O/c1-53(2)44-33-37(52-54-49(35-16-6-3-7-17-35)51-50(55-52)43-24-14-15-25-46(43)57-51)28-31-42(44)48-45(53)32-36-18-12-13-23-41(36)47(48)34-26-29-40(30-27-34)56(38-19-8-4-9-20-38)39-21-10-5-11-22-39/h3-33,49,52,54-55H,1-2H3. The zero-order valence-electron chi connectivity index (χ0n) is 31.9. The third kappa shape index (κ3) is 5.40. The van der Waals surface area contributed by atoms with Crippen LogP contribution in [0.2, 0.25) is 0 Å². The third-order valence-corrected chi connectivity index (χ3v) is 12.1. The van der Waals surface area contributed by atoms with E-state index in [1.165, 1.54) is 55.3 Å². The van der Waals surface area contributed by atoms with Gasteiger partial charge in [0, 0.05) is 27.9 Å². The maximum Gasteiger partial charge on any atom is 0.149 e. The summed E-state index contributed by atoms with van der Waals surface area (Å²) in [6.07, 6.45) is -0.128. The molecule has 2 N–H and O–H groups in total. The molecule has 0 saturated heterocycles. The predicted octanol–water partition coefficient (Wildman–Crippen LogP) is 13.8. The number of hydrogen-bond acceptors (Lipinski definition) is 4. The molecule has 1 aliphatic heterocycles. The van der Waals surface area contributed by atoms with Crippen molar-refractivity contribution in [3.05, 3.63) is 216 Å². The van der Waals surface area contributed by atoms with Gasteiger partial charge in [0.05, 0.1) is 11.7 Å². The Morgan fingerprint density at radius 3 is 1.86 bits per heavy atom. The molecule has 2 atom stereocenters. The number of anilines is 4. The molecule has 1 aliphatic carbocycles. The summed E-state index contributed by atoms with van der Waals surface area (Å²) in [6, 6.07) is 67.6. The minimum absolute atomic E-state index is 0.0992. The fraction of sp³-hybridized carbons (Fsp3) is 0.0943. The number of furan rings is 1. The van der Waals surface area contributed by atoms with Crippen molar-refractivity contribution in [2.75, 3.05) is 10.2 Å². The van der Waals surface area contributed by atoms with Crippen molar-refractivity contribution >= 4 is 44.5 Å². The first-order valence-corrected chi connectivity index (χ1v) is 19.8. The van der Waals surface area contributed by atoms with E-state index in [1.54, 1.807) is 0 Å². The molecule has 2 heterocycles. The normalized spacial score (nSPS) is 16.5. The highest BCUT2D eigenvalue weighted by molar-refractivity contribution is 6.08. The molecule has 4 heteroatoms. The van der Waals surface area contributed by atoms with Gasteiger partial charge in [-0.25, -0.2) is 0 Å². The number of para-hydroxylation sites is 3. The topological polar surface area (TPSA) is 40.4 Å². The largest absolute Gasteiger partial charge is 0.457 e. The highest BCUT2D eigenvalue weighted by Crippen LogP contribution is 2.55. The van der Waals surface area contributed by atoms with Crippen molar-refractivity contribution in [3.8, 4) is 22.3 Å². The Hall–Kier alpha value is -6.88. The predicted molar refractivity (Wildman–Crippen MR) is 236 cm³/mol. The van der Waals surface area contributed by atoms with Crippen molar-refractivity contribution < 1.29 is 4.42 Å². The zero-order chi connectivity index (χ0) is 38.1. The molecular weight excluding hydrogens is 695 g/mol. The van der Waals surface area contributed by atoms with Crippen molar-refractivity contribution in [1.29, 1.82) is 0 Å². The van der Waals surface area contributed by atoms with Crippen molar-refractivity contribution in [3.63, 3.8) is 0 Å². The SMILES string of the molecule is CC1(C)c2cc(C3Nc4c(oc5ccccc45)C(c4ccccc4)N3)ccc2-c2c1cc1ccccc1c2-c1ccc(N(c2ccccc2)c2ccccc2)cc1. The summed E-state index contributed by atoms with van der Waals surface area (Å²) in [5.74, 6) is 0.922. The van der Waals surface area contributed by atoms with Crippen LogP contribution in [0.4, 0.5) is 22.7 Å². The lowest BCUT2D eigenvalue weighted by molar-refractivity contribution is 0.422. The highest BCUT2D eigenvalue weighted by Gasteiger charge is 2.40. The fourth-order valence-corrected chi connectivity index (χ4v) is 9.34. The smallest absolute Gasteiger partial charge is 0.149 e. The number of hydrogen-bond donors (Lipinski definition) is 2. The first-order chi connectivity index (χ1) is 28.0. The van der Waals surface area contributed by atoms with E-state index in [9.17, 15) is 0 Å². The molecule has 57 heavy (non-hydrogen) atoms. The minimum Gasteiger partial charge on any atom is -0.457 e. The first-order valence-electron chi connectivity index (χ1n) is 19.8. The molecule has 2 aliphatic rings. The van der Waals surface area contributed by atoms with Crippen LogP contribution in [0.15, 0.2) is 192 Å². The number of nitrogens with zero attached hydrogens (tertiary/aromatic N) is 1. The van der Waals surface area contributed by atoms with Gasteiger partial charge in [0.25, 0.3) is 0 Å². The molecule has 4 nitrogen and oxygen atoms in total. The van der Waals surface area contributed by atoms with Gasteiger partial charge in [-0.15, -0.1) is 0 Å². The maximum absolute atomic E-state index is 6.52. The molecule has 1 aromatic heterocycles. The Bertz CT molecular complexity index is 2890. The number of benzene rings is 8. The molecule has 0 amide bonds. The van der Waals surface area contributed by atoms with Gasteiger partial charge in [-0.05, 0) is 110 Å². The van der Waals surface area contributed by atoms with Gasteiger partial charge in [-0.1, -0.05) is 147 Å². The Morgan fingerprint density at radius 1 is 0.526 bits per heavy atom. The quantitative estimate of drug-likeness (QED) is 0.178. The molecule has 0 fully saturated rings. The second-order valence-corrected chi connectivity index (χ2v) is 15.8. The van der Waals surface area contributed by atoms with Gasteiger partial charge in [-0.2, -0.15) is 0 Å². The summed E-state index contributed by atoms with van der Waals surface area (Å²) in [5, 5.41) is 11.4. The summed E-state index contributed by atoms with van der Waals surface area (Å²) in [5.41, 5.74) is 15.3. The summed E-state index contributed by atoms with van der Waals surface area (Å²) in [6.45, 7) is 4.77. The molecule has 11 rings (SSSR count). The second-order valence-electron chi connectivity index (χ2n) is 15.8. The maximum atomic E-state index is 6.52. The van der Waals surface area contributed by atoms with Crippen LogP contribution >= 0.6 is 0 Å². The number of rotatable bonds is 6. The number of fused-ring (bicyclic) bond motifs is 7. The molecule has 8 aromatic carbocycles. The monoisotopic (exact) mass is 735 g/mol. The van der Waals surface area contributed by atoms with E-state index >= 15 is 0 Å². The van der Waals surface area contributed by atoms with E-state index in [2.05, 4.69) is 211 Å². The van der Waals surface area contributed by atoms with Gasteiger partial charge in [0.1, 0.15) is 17.5 Å². The molecular formula is C53H41N3O. The average molecular weight is 736 g/mol. The van der Waals surface area contributed by atoms with E-state index in [0.717, 1.165) is 39.5 Å². The molecule has 2 unspecified atom stereocenters. The van der Waals surface area contributed by atoms with Crippen LogP contribution in [0.1, 0.15) is 54.1 Å². The summed E-state index contributed by atoms with van der Waals surface area (Å²) < 4.78 is 6.52. The molecule has 274 valence electrons. The lowest BCUT2D eigenvalue weighted by Gasteiger charge is -2.33. The summed E-state index contributed by atoms with van der Waals surface area (Å²) >= 11 is 0. The van der Waals surface area contributed by atoms with Gasteiger partial charge in [-0.3, -0.25) is 5.32 Å². The lowest BCUT2D eigenvalue weighted by Crippen LogP contribution is -2.36. The van der Waals surface area contributed by atoms with E-state index in [0.29, 0.717) is 0 Å². The number of nitrogens with one attached hydrogen (secondary N) is 2. The van der Waals surface area contributed by atoms with E-state index in [4.69, 9.17) is 4.42 Å². The highest BCUT2D eigenvalue weighted by atomic mass is 16.3. The summed E-state index contributed by atoms with van der Waals surface area (Å²) in [4.78, 5) is 2.32. The Morgan fingerprint density at radius 2 is 1.14 bits per heavy atom. The molecule has 9 aromatic rings. The van der Waals surface area contributed by atoms with Crippen LogP contribution in [0, 0.1) is 0 Å². The average Bonchev–Trinajstić information content (AvgIpc) is 3.75. The van der Waals surface area contributed by atoms with Gasteiger partial charge in [0.15, 0.2) is 0 Å². The van der Waals surface area contributed by atoms with Crippen molar-refractivity contribution in [2.45, 2.75) is 31.5 Å². The molecule has 0 bridgehead atoms. The summed E-state index contributed by atoms with van der Waals surface area (Å²) in [7, 11) is 0. The Labute approximate surface area is 333 Å². The van der Waals surface area contributed by atoms with E-state index in [-0.39, 0.29) is 17.6 Å². The van der Waals surface area contributed by atoms with Crippen LogP contribution in [-0.4, -0.2) is 0 Å². The van der Waals surface area contributed by atoms with Crippen molar-refractivity contribution in [2.24, 2.45) is 0 Å². The third-order valence-electron chi connectivity index (χ3n) is 12.1. The van der Waals surface area contributed by atoms with Crippen molar-refractivity contribution in [1.82, 2.24) is 5.32 Å². The van der Waals surface area contributed by atoms with Gasteiger partial charge >= 0.3 is 0 Å². The Balaban J connectivity index is 1.03. The van der Waals surface area contributed by atoms with Crippen LogP contribution < -0.4 is 15.5 Å². The lowest BCUT2D eigenvalue weighted by atomic mass is 9.80. The fourth-order valence-electron chi connectivity index (χ4n) is 9.34. The zero-order valence-corrected chi connectivity index (χ0v) is 31.9. The van der Waals surface area contributed by atoms with E-state index in [1.807, 2.05) is 6.07 Å². The molecule has 0 radical (unpaired) electrons. The Kier molecular flexibility index (Phi) is 7.70. The van der Waals surface area contributed by atoms with Gasteiger partial charge in [0.2, 0.25) is 0 Å². The van der Waals surface area contributed by atoms with Crippen LogP contribution in [0.3, 0.4) is 0 Å². The molecule has 0 spiro atoms. The van der Waals surface area contributed by atoms with Gasteiger partial charge < -0.3 is 14.6 Å². The first kappa shape index (κ1) is 33.5. The van der Waals surface area contributed by atoms with Crippen LogP contribution in [0.5, 0.6) is 0 Å². The van der Waals surface area contributed by atoms with Crippen LogP contribution in [0.25, 0.3) is 44.0 Å². The van der Waals surface area contributed by atoms with E-state index < -0.39 is 0 Å².